The number of anilines is 1. The van der Waals surface area contributed by atoms with Crippen molar-refractivity contribution >= 4 is 11.6 Å². The number of hydrogen-bond donors (Lipinski definition) is 1. The third kappa shape index (κ3) is 5.10. The minimum absolute atomic E-state index is 0.117. The Bertz CT molecular complexity index is 836. The van der Waals surface area contributed by atoms with Gasteiger partial charge in [-0.2, -0.15) is 0 Å². The first-order chi connectivity index (χ1) is 15.1. The van der Waals surface area contributed by atoms with Crippen LogP contribution in [0.3, 0.4) is 0 Å². The number of β-amino-alcohol motifs (C(OH)–C–C–N with tert-alkyl or cyclic N) is 1. The van der Waals surface area contributed by atoms with E-state index in [1.165, 1.54) is 11.3 Å². The minimum Gasteiger partial charge on any atom is -0.390 e. The zero-order chi connectivity index (χ0) is 21.7. The molecular formula is C26H35N3O2. The summed E-state index contributed by atoms with van der Waals surface area (Å²) in [7, 11) is 0. The van der Waals surface area contributed by atoms with Gasteiger partial charge in [0.15, 0.2) is 0 Å². The van der Waals surface area contributed by atoms with Crippen LogP contribution >= 0.6 is 0 Å². The van der Waals surface area contributed by atoms with Crippen LogP contribution in [-0.2, 0) is 10.2 Å². The second-order valence-electron chi connectivity index (χ2n) is 9.12. The summed E-state index contributed by atoms with van der Waals surface area (Å²) < 4.78 is 0. The maximum Gasteiger partial charge on any atom is 0.223 e. The van der Waals surface area contributed by atoms with Crippen LogP contribution < -0.4 is 4.90 Å². The molecule has 2 aromatic carbocycles. The minimum atomic E-state index is -0.513. The van der Waals surface area contributed by atoms with Gasteiger partial charge in [0.25, 0.3) is 0 Å². The maximum atomic E-state index is 12.9. The summed E-state index contributed by atoms with van der Waals surface area (Å²) in [6, 6.07) is 20.9. The molecule has 2 aliphatic rings. The van der Waals surface area contributed by atoms with E-state index in [1.54, 1.807) is 0 Å². The fourth-order valence-corrected chi connectivity index (χ4v) is 5.29. The van der Waals surface area contributed by atoms with Gasteiger partial charge in [0.2, 0.25) is 5.91 Å². The van der Waals surface area contributed by atoms with Crippen molar-refractivity contribution in [3.63, 3.8) is 0 Å². The highest BCUT2D eigenvalue weighted by Crippen LogP contribution is 2.39. The fourth-order valence-electron chi connectivity index (χ4n) is 5.29. The zero-order valence-electron chi connectivity index (χ0n) is 18.6. The molecule has 0 radical (unpaired) electrons. The van der Waals surface area contributed by atoms with Crippen LogP contribution in [0.2, 0.25) is 0 Å². The van der Waals surface area contributed by atoms with E-state index >= 15 is 0 Å². The lowest BCUT2D eigenvalue weighted by atomic mass is 9.76. The van der Waals surface area contributed by atoms with Crippen LogP contribution in [0, 0.1) is 0 Å². The van der Waals surface area contributed by atoms with Gasteiger partial charge in [0.1, 0.15) is 0 Å². The van der Waals surface area contributed by atoms with Crippen molar-refractivity contribution in [1.82, 2.24) is 9.80 Å². The number of aliphatic hydroxyl groups excluding tert-OH is 1. The molecule has 0 bridgehead atoms. The first-order valence-corrected chi connectivity index (χ1v) is 11.6. The Labute approximate surface area is 186 Å². The lowest BCUT2D eigenvalue weighted by molar-refractivity contribution is -0.129. The summed E-state index contributed by atoms with van der Waals surface area (Å²) in [5, 5.41) is 10.8. The van der Waals surface area contributed by atoms with Gasteiger partial charge in [-0.3, -0.25) is 9.69 Å². The van der Waals surface area contributed by atoms with Gasteiger partial charge in [-0.15, -0.1) is 0 Å². The summed E-state index contributed by atoms with van der Waals surface area (Å²) in [6.07, 6.45) is 2.08. The highest BCUT2D eigenvalue weighted by atomic mass is 16.3. The SMILES string of the molecule is CCCC1(c2ccccc2)CC(=O)N(C[C@@H](O)CN2CCN(c3ccccc3)CC2)C1. The van der Waals surface area contributed by atoms with Crippen LogP contribution in [0.4, 0.5) is 5.69 Å². The predicted octanol–water partition coefficient (Wildman–Crippen LogP) is 3.14. The molecule has 1 unspecified atom stereocenters. The number of para-hydroxylation sites is 1. The molecule has 31 heavy (non-hydrogen) atoms. The van der Waals surface area contributed by atoms with E-state index in [9.17, 15) is 9.90 Å². The lowest BCUT2D eigenvalue weighted by Gasteiger charge is -2.37. The number of aliphatic hydroxyl groups is 1. The third-order valence-corrected chi connectivity index (χ3v) is 6.84. The number of amides is 1. The molecule has 0 saturated carbocycles. The molecule has 2 aliphatic heterocycles. The standard InChI is InChI=1S/C26H35N3O2/c1-2-13-26(22-9-5-3-6-10-22)18-25(31)29(21-26)20-24(30)19-27-14-16-28(17-15-27)23-11-7-4-8-12-23/h3-12,24,30H,2,13-21H2,1H3/t24-,26?/m0/s1. The first-order valence-electron chi connectivity index (χ1n) is 11.6. The number of rotatable bonds is 8. The van der Waals surface area contributed by atoms with E-state index < -0.39 is 6.10 Å². The molecule has 4 rings (SSSR count). The smallest absolute Gasteiger partial charge is 0.223 e. The van der Waals surface area contributed by atoms with Crippen LogP contribution in [0.15, 0.2) is 60.7 Å². The molecule has 2 atom stereocenters. The molecule has 1 amide bonds. The Balaban J connectivity index is 1.31. The lowest BCUT2D eigenvalue weighted by Crippen LogP contribution is -2.50. The van der Waals surface area contributed by atoms with E-state index in [1.807, 2.05) is 17.0 Å². The predicted molar refractivity (Wildman–Crippen MR) is 125 cm³/mol. The average molecular weight is 422 g/mol. The zero-order valence-corrected chi connectivity index (χ0v) is 18.6. The molecular weight excluding hydrogens is 386 g/mol. The number of carbonyl (C=O) groups is 1. The van der Waals surface area contributed by atoms with E-state index in [-0.39, 0.29) is 11.3 Å². The van der Waals surface area contributed by atoms with Crippen molar-refractivity contribution in [3.05, 3.63) is 66.2 Å². The Hall–Kier alpha value is -2.37. The largest absolute Gasteiger partial charge is 0.390 e. The van der Waals surface area contributed by atoms with Crippen LogP contribution in [0.5, 0.6) is 0 Å². The van der Waals surface area contributed by atoms with Crippen LogP contribution in [0.25, 0.3) is 0 Å². The van der Waals surface area contributed by atoms with Gasteiger partial charge in [-0.25, -0.2) is 0 Å². The van der Waals surface area contributed by atoms with E-state index in [4.69, 9.17) is 0 Å². The summed E-state index contributed by atoms with van der Waals surface area (Å²) in [5.74, 6) is 0.172. The molecule has 1 N–H and O–H groups in total. The highest BCUT2D eigenvalue weighted by molar-refractivity contribution is 5.81. The fraction of sp³-hybridized carbons (Fsp3) is 0.500. The maximum absolute atomic E-state index is 12.9. The van der Waals surface area contributed by atoms with Crippen molar-refractivity contribution in [1.29, 1.82) is 0 Å². The van der Waals surface area contributed by atoms with Crippen molar-refractivity contribution in [2.45, 2.75) is 37.7 Å². The Morgan fingerprint density at radius 3 is 2.23 bits per heavy atom. The Morgan fingerprint density at radius 2 is 1.58 bits per heavy atom. The van der Waals surface area contributed by atoms with Gasteiger partial charge >= 0.3 is 0 Å². The topological polar surface area (TPSA) is 47.0 Å². The monoisotopic (exact) mass is 421 g/mol. The molecule has 0 spiro atoms. The molecule has 2 aromatic rings. The van der Waals surface area contributed by atoms with Gasteiger partial charge in [0, 0.05) is 63.3 Å². The van der Waals surface area contributed by atoms with E-state index in [0.29, 0.717) is 26.1 Å². The van der Waals surface area contributed by atoms with Gasteiger partial charge in [0.05, 0.1) is 6.10 Å². The molecule has 5 heteroatoms. The number of likely N-dealkylation sites (tertiary alicyclic amines) is 1. The van der Waals surface area contributed by atoms with Crippen molar-refractivity contribution in [3.8, 4) is 0 Å². The quantitative estimate of drug-likeness (QED) is 0.711. The molecule has 0 aromatic heterocycles. The van der Waals surface area contributed by atoms with Crippen molar-refractivity contribution in [2.75, 3.05) is 50.7 Å². The van der Waals surface area contributed by atoms with Crippen molar-refractivity contribution in [2.24, 2.45) is 0 Å². The van der Waals surface area contributed by atoms with Gasteiger partial charge < -0.3 is 14.9 Å². The number of piperazine rings is 1. The number of benzene rings is 2. The van der Waals surface area contributed by atoms with Crippen LogP contribution in [-0.4, -0.2) is 72.7 Å². The molecule has 166 valence electrons. The van der Waals surface area contributed by atoms with Gasteiger partial charge in [-0.1, -0.05) is 61.9 Å². The molecule has 2 heterocycles. The third-order valence-electron chi connectivity index (χ3n) is 6.84. The second kappa shape index (κ2) is 9.84. The highest BCUT2D eigenvalue weighted by Gasteiger charge is 2.44. The normalized spacial score (nSPS) is 23.4. The van der Waals surface area contributed by atoms with Gasteiger partial charge in [-0.05, 0) is 24.1 Å². The summed E-state index contributed by atoms with van der Waals surface area (Å²) >= 11 is 0. The number of nitrogens with zero attached hydrogens (tertiary/aromatic N) is 3. The van der Waals surface area contributed by atoms with E-state index in [2.05, 4.69) is 65.3 Å². The molecule has 2 saturated heterocycles. The second-order valence-corrected chi connectivity index (χ2v) is 9.12. The average Bonchev–Trinajstić information content (AvgIpc) is 3.11. The Morgan fingerprint density at radius 1 is 0.935 bits per heavy atom. The summed E-state index contributed by atoms with van der Waals surface area (Å²) in [4.78, 5) is 19.5. The Kier molecular flexibility index (Phi) is 6.93. The summed E-state index contributed by atoms with van der Waals surface area (Å²) in [5.41, 5.74) is 2.39. The van der Waals surface area contributed by atoms with Crippen molar-refractivity contribution < 1.29 is 9.90 Å². The molecule has 0 aliphatic carbocycles. The molecule has 5 nitrogen and oxygen atoms in total. The molecule has 2 fully saturated rings. The first kappa shape index (κ1) is 21.8. The van der Waals surface area contributed by atoms with E-state index in [0.717, 1.165) is 39.0 Å². The van der Waals surface area contributed by atoms with Crippen LogP contribution in [0.1, 0.15) is 31.7 Å². The number of carbonyl (C=O) groups excluding carboxylic acids is 1. The number of hydrogen-bond acceptors (Lipinski definition) is 4. The summed E-state index contributed by atoms with van der Waals surface area (Å²) in [6.45, 7) is 7.74.